The summed E-state index contributed by atoms with van der Waals surface area (Å²) in [6, 6.07) is 11.4. The molecule has 0 saturated carbocycles. The van der Waals surface area contributed by atoms with Gasteiger partial charge in [-0.2, -0.15) is 10.4 Å². The molecule has 6 nitrogen and oxygen atoms in total. The van der Waals surface area contributed by atoms with Crippen molar-refractivity contribution < 1.29 is 8.78 Å². The number of imidazole rings is 1. The lowest BCUT2D eigenvalue weighted by Gasteiger charge is -2.31. The normalized spacial score (nSPS) is 12.3. The molecule has 4 rings (SSSR count). The van der Waals surface area contributed by atoms with Crippen LogP contribution in [-0.2, 0) is 13.6 Å². The predicted octanol–water partition coefficient (Wildman–Crippen LogP) is 5.36. The van der Waals surface area contributed by atoms with Gasteiger partial charge in [0.05, 0.1) is 29.5 Å². The maximum absolute atomic E-state index is 14.0. The molecule has 0 aliphatic rings. The minimum atomic E-state index is -2.85. The Labute approximate surface area is 185 Å². The molecule has 0 aliphatic heterocycles. The first-order valence-electron chi connectivity index (χ1n) is 10.3. The van der Waals surface area contributed by atoms with Crippen molar-refractivity contribution in [2.75, 3.05) is 0 Å². The van der Waals surface area contributed by atoms with Gasteiger partial charge in [-0.3, -0.25) is 4.68 Å². The van der Waals surface area contributed by atoms with Crippen molar-refractivity contribution in [1.29, 1.82) is 5.26 Å². The summed E-state index contributed by atoms with van der Waals surface area (Å²) in [6.07, 6.45) is 3.38. The predicted molar refractivity (Wildman–Crippen MR) is 119 cm³/mol. The minimum absolute atomic E-state index is 0.0642. The Bertz CT molecular complexity index is 1350. The highest BCUT2D eigenvalue weighted by molar-refractivity contribution is 5.87. The molecule has 0 bridgehead atoms. The van der Waals surface area contributed by atoms with Gasteiger partial charge in [-0.25, -0.2) is 18.7 Å². The molecular weight excluding hydrogens is 410 g/mol. The molecule has 0 aliphatic carbocycles. The number of halogens is 2. The van der Waals surface area contributed by atoms with E-state index in [1.807, 2.05) is 42.8 Å². The van der Waals surface area contributed by atoms with Gasteiger partial charge in [-0.1, -0.05) is 19.9 Å². The Morgan fingerprint density at radius 2 is 1.81 bits per heavy atom. The van der Waals surface area contributed by atoms with Crippen molar-refractivity contribution in [3.05, 3.63) is 54.2 Å². The average Bonchev–Trinajstić information content (AvgIpc) is 3.30. The molecular formula is C24H24F2N6. The van der Waals surface area contributed by atoms with Gasteiger partial charge in [-0.15, -0.1) is 0 Å². The number of hydrogen-bond acceptors (Lipinski definition) is 4. The lowest BCUT2D eigenvalue weighted by atomic mass is 9.86. The van der Waals surface area contributed by atoms with Gasteiger partial charge in [0.15, 0.2) is 0 Å². The van der Waals surface area contributed by atoms with Crippen LogP contribution in [0.1, 0.15) is 32.3 Å². The molecule has 0 fully saturated rings. The fraction of sp³-hybridized carbons (Fsp3) is 0.333. The monoisotopic (exact) mass is 434 g/mol. The number of hydrogen-bond donors (Lipinski definition) is 0. The molecule has 3 aromatic heterocycles. The van der Waals surface area contributed by atoms with Crippen molar-refractivity contribution in [1.82, 2.24) is 24.3 Å². The van der Waals surface area contributed by atoms with Gasteiger partial charge in [0.2, 0.25) is 0 Å². The maximum Gasteiger partial charge on any atom is 0.252 e. The molecule has 0 saturated heterocycles. The summed E-state index contributed by atoms with van der Waals surface area (Å²) in [7, 11) is 1.96. The average molecular weight is 434 g/mol. The number of aryl methyl sites for hydroxylation is 2. The van der Waals surface area contributed by atoms with Crippen LogP contribution in [0.4, 0.5) is 8.78 Å². The van der Waals surface area contributed by atoms with Gasteiger partial charge in [-0.05, 0) is 38.1 Å². The van der Waals surface area contributed by atoms with Gasteiger partial charge in [0.25, 0.3) is 5.92 Å². The van der Waals surface area contributed by atoms with E-state index in [1.165, 1.54) is 18.5 Å². The van der Waals surface area contributed by atoms with E-state index in [-0.39, 0.29) is 6.54 Å². The second-order valence-corrected chi connectivity index (χ2v) is 8.82. The fourth-order valence-electron chi connectivity index (χ4n) is 3.57. The third-order valence-electron chi connectivity index (χ3n) is 6.08. The molecule has 3 heterocycles. The van der Waals surface area contributed by atoms with E-state index in [4.69, 9.17) is 0 Å². The summed E-state index contributed by atoms with van der Waals surface area (Å²) in [5.74, 6) is -1.95. The summed E-state index contributed by atoms with van der Waals surface area (Å²) in [5.41, 5.74) is 3.81. The maximum atomic E-state index is 14.0. The van der Waals surface area contributed by atoms with Gasteiger partial charge in [0.1, 0.15) is 17.6 Å². The van der Waals surface area contributed by atoms with E-state index >= 15 is 0 Å². The van der Waals surface area contributed by atoms with Crippen LogP contribution >= 0.6 is 0 Å². The van der Waals surface area contributed by atoms with Crippen LogP contribution in [0, 0.1) is 23.7 Å². The molecule has 8 heteroatoms. The number of nitriles is 1. The molecule has 1 aromatic carbocycles. The number of benzene rings is 1. The van der Waals surface area contributed by atoms with Crippen LogP contribution in [0.15, 0.2) is 42.7 Å². The molecule has 0 spiro atoms. The third-order valence-corrected chi connectivity index (χ3v) is 6.08. The Balaban J connectivity index is 1.79. The zero-order valence-corrected chi connectivity index (χ0v) is 18.7. The first kappa shape index (κ1) is 21.6. The summed E-state index contributed by atoms with van der Waals surface area (Å²) >= 11 is 0. The highest BCUT2D eigenvalue weighted by Gasteiger charge is 2.42. The molecule has 0 radical (unpaired) electrons. The van der Waals surface area contributed by atoms with E-state index in [9.17, 15) is 14.0 Å². The highest BCUT2D eigenvalue weighted by atomic mass is 19.3. The first-order valence-corrected chi connectivity index (χ1v) is 10.3. The van der Waals surface area contributed by atoms with Crippen molar-refractivity contribution >= 4 is 11.0 Å². The number of nitrogens with zero attached hydrogens (tertiary/aromatic N) is 6. The van der Waals surface area contributed by atoms with Gasteiger partial charge >= 0.3 is 0 Å². The molecule has 0 N–H and O–H groups in total. The van der Waals surface area contributed by atoms with Crippen LogP contribution in [0.5, 0.6) is 0 Å². The topological polar surface area (TPSA) is 72.3 Å². The Morgan fingerprint density at radius 3 is 2.50 bits per heavy atom. The minimum Gasteiger partial charge on any atom is -0.331 e. The van der Waals surface area contributed by atoms with Gasteiger partial charge < -0.3 is 4.57 Å². The second-order valence-electron chi connectivity index (χ2n) is 8.82. The van der Waals surface area contributed by atoms with Crippen molar-refractivity contribution in [3.63, 3.8) is 0 Å². The SMILES string of the molecule is Cc1nc2cc(-c3nc(C#N)ccc3-c3cnn(CC(C)(C)C(C)(F)F)c3)ccc2n1C. The molecule has 4 aromatic rings. The smallest absolute Gasteiger partial charge is 0.252 e. The van der Waals surface area contributed by atoms with Crippen molar-refractivity contribution in [3.8, 4) is 28.5 Å². The van der Waals surface area contributed by atoms with Crippen LogP contribution in [-0.4, -0.2) is 30.2 Å². The molecule has 0 unspecified atom stereocenters. The quantitative estimate of drug-likeness (QED) is 0.424. The number of pyridine rings is 1. The molecule has 32 heavy (non-hydrogen) atoms. The standard InChI is InChI=1S/C24H24F2N6/c1-15-29-20-10-16(6-9-21(20)31(15)5)22-19(8-7-18(11-27)30-22)17-12-28-32(13-17)14-23(2,3)24(4,25)26/h6-10,12-13H,14H2,1-5H3. The largest absolute Gasteiger partial charge is 0.331 e. The fourth-order valence-corrected chi connectivity index (χ4v) is 3.57. The van der Waals surface area contributed by atoms with Gasteiger partial charge in [0, 0.05) is 35.3 Å². The Hall–Kier alpha value is -3.60. The Morgan fingerprint density at radius 1 is 1.06 bits per heavy atom. The summed E-state index contributed by atoms with van der Waals surface area (Å²) in [6.45, 7) is 5.97. The molecule has 164 valence electrons. The lowest BCUT2D eigenvalue weighted by molar-refractivity contribution is -0.0973. The van der Waals surface area contributed by atoms with Crippen LogP contribution < -0.4 is 0 Å². The van der Waals surface area contributed by atoms with E-state index in [0.29, 0.717) is 11.4 Å². The van der Waals surface area contributed by atoms with Crippen LogP contribution in [0.25, 0.3) is 33.4 Å². The van der Waals surface area contributed by atoms with E-state index in [0.717, 1.165) is 40.5 Å². The number of rotatable bonds is 5. The van der Waals surface area contributed by atoms with E-state index < -0.39 is 11.3 Å². The van der Waals surface area contributed by atoms with Crippen LogP contribution in [0.3, 0.4) is 0 Å². The van der Waals surface area contributed by atoms with E-state index in [2.05, 4.69) is 21.1 Å². The summed E-state index contributed by atoms with van der Waals surface area (Å²) in [5, 5.41) is 13.7. The third kappa shape index (κ3) is 3.75. The number of fused-ring (bicyclic) bond motifs is 1. The van der Waals surface area contributed by atoms with E-state index in [1.54, 1.807) is 18.5 Å². The number of aromatic nitrogens is 5. The second kappa shape index (κ2) is 7.52. The molecule has 0 amide bonds. The lowest BCUT2D eigenvalue weighted by Crippen LogP contribution is -2.37. The molecule has 0 atom stereocenters. The Kier molecular flexibility index (Phi) is 5.08. The van der Waals surface area contributed by atoms with Crippen molar-refractivity contribution in [2.24, 2.45) is 12.5 Å². The highest BCUT2D eigenvalue weighted by Crippen LogP contribution is 2.38. The summed E-state index contributed by atoms with van der Waals surface area (Å²) in [4.78, 5) is 9.14. The zero-order valence-electron chi connectivity index (χ0n) is 18.7. The first-order chi connectivity index (χ1) is 15.0. The number of alkyl halides is 2. The van der Waals surface area contributed by atoms with Crippen molar-refractivity contribution in [2.45, 2.75) is 40.2 Å². The summed E-state index contributed by atoms with van der Waals surface area (Å²) < 4.78 is 31.4. The zero-order chi connectivity index (χ0) is 23.3. The van der Waals surface area contributed by atoms with Crippen LogP contribution in [0.2, 0.25) is 0 Å².